The van der Waals surface area contributed by atoms with E-state index < -0.39 is 0 Å². The van der Waals surface area contributed by atoms with Crippen molar-refractivity contribution in [2.24, 2.45) is 11.8 Å². The number of rotatable bonds is 4. The van der Waals surface area contributed by atoms with Crippen molar-refractivity contribution < 1.29 is 9.53 Å². The van der Waals surface area contributed by atoms with E-state index in [1.807, 2.05) is 0 Å². The van der Waals surface area contributed by atoms with Gasteiger partial charge in [-0.2, -0.15) is 0 Å². The minimum absolute atomic E-state index is 0.187. The molecule has 2 saturated heterocycles. The minimum atomic E-state index is -0.187. The average molecular weight is 266 g/mol. The Kier molecular flexibility index (Phi) is 3.34. The Balaban J connectivity index is 1.76. The average Bonchev–Trinajstić information content (AvgIpc) is 2.84. The lowest BCUT2D eigenvalue weighted by Gasteiger charge is -2.34. The van der Waals surface area contributed by atoms with Crippen molar-refractivity contribution in [3.63, 3.8) is 0 Å². The van der Waals surface area contributed by atoms with Crippen LogP contribution in [0.5, 0.6) is 0 Å². The SMILES string of the molecule is CC(C)CC1NC2(CC2)C(=O)N1C(C)C1CCOC1. The molecule has 2 aliphatic heterocycles. The van der Waals surface area contributed by atoms with Crippen LogP contribution in [0, 0.1) is 11.8 Å². The van der Waals surface area contributed by atoms with Crippen molar-refractivity contribution >= 4 is 5.91 Å². The standard InChI is InChI=1S/C15H26N2O2/c1-10(2)8-13-16-15(5-6-15)14(18)17(13)11(3)12-4-7-19-9-12/h10-13,16H,4-9H2,1-3H3. The molecule has 3 unspecified atom stereocenters. The third-order valence-corrected chi connectivity index (χ3v) is 4.95. The van der Waals surface area contributed by atoms with Crippen molar-refractivity contribution in [1.29, 1.82) is 0 Å². The van der Waals surface area contributed by atoms with Crippen molar-refractivity contribution in [2.75, 3.05) is 13.2 Å². The highest BCUT2D eigenvalue weighted by Gasteiger charge is 2.60. The number of amides is 1. The molecular formula is C15H26N2O2. The van der Waals surface area contributed by atoms with Crippen LogP contribution in [0.4, 0.5) is 0 Å². The van der Waals surface area contributed by atoms with Gasteiger partial charge in [0.15, 0.2) is 0 Å². The van der Waals surface area contributed by atoms with Crippen LogP contribution in [0.2, 0.25) is 0 Å². The topological polar surface area (TPSA) is 41.6 Å². The van der Waals surface area contributed by atoms with Gasteiger partial charge in [-0.15, -0.1) is 0 Å². The van der Waals surface area contributed by atoms with Gasteiger partial charge in [-0.25, -0.2) is 0 Å². The van der Waals surface area contributed by atoms with Crippen molar-refractivity contribution in [3.8, 4) is 0 Å². The molecule has 4 heteroatoms. The highest BCUT2D eigenvalue weighted by Crippen LogP contribution is 2.44. The van der Waals surface area contributed by atoms with Gasteiger partial charge in [-0.05, 0) is 38.5 Å². The second-order valence-electron chi connectivity index (χ2n) is 6.95. The summed E-state index contributed by atoms with van der Waals surface area (Å²) >= 11 is 0. The lowest BCUT2D eigenvalue weighted by Crippen LogP contribution is -2.47. The number of hydrogen-bond donors (Lipinski definition) is 1. The van der Waals surface area contributed by atoms with Crippen LogP contribution in [0.15, 0.2) is 0 Å². The highest BCUT2D eigenvalue weighted by atomic mass is 16.5. The fraction of sp³-hybridized carbons (Fsp3) is 0.933. The molecule has 1 spiro atoms. The number of ether oxygens (including phenoxy) is 1. The van der Waals surface area contributed by atoms with Crippen molar-refractivity contribution in [3.05, 3.63) is 0 Å². The molecule has 3 rings (SSSR count). The van der Waals surface area contributed by atoms with Crippen LogP contribution in [-0.2, 0) is 9.53 Å². The number of nitrogens with one attached hydrogen (secondary N) is 1. The Bertz CT molecular complexity index is 359. The molecule has 0 radical (unpaired) electrons. The number of hydrogen-bond acceptors (Lipinski definition) is 3. The molecule has 1 aliphatic carbocycles. The van der Waals surface area contributed by atoms with E-state index in [2.05, 4.69) is 31.0 Å². The first kappa shape index (κ1) is 13.4. The lowest BCUT2D eigenvalue weighted by molar-refractivity contribution is -0.134. The van der Waals surface area contributed by atoms with Gasteiger partial charge in [0.1, 0.15) is 0 Å². The number of carbonyl (C=O) groups excluding carboxylic acids is 1. The molecule has 1 amide bonds. The van der Waals surface area contributed by atoms with Crippen LogP contribution < -0.4 is 5.32 Å². The van der Waals surface area contributed by atoms with Crippen LogP contribution in [0.25, 0.3) is 0 Å². The van der Waals surface area contributed by atoms with Gasteiger partial charge in [-0.3, -0.25) is 10.1 Å². The number of carbonyl (C=O) groups is 1. The first-order valence-electron chi connectivity index (χ1n) is 7.72. The first-order valence-corrected chi connectivity index (χ1v) is 7.72. The fourth-order valence-corrected chi connectivity index (χ4v) is 3.57. The Labute approximate surface area is 115 Å². The minimum Gasteiger partial charge on any atom is -0.381 e. The highest BCUT2D eigenvalue weighted by molar-refractivity contribution is 5.92. The zero-order valence-corrected chi connectivity index (χ0v) is 12.3. The summed E-state index contributed by atoms with van der Waals surface area (Å²) in [5, 5.41) is 3.61. The number of nitrogens with zero attached hydrogens (tertiary/aromatic N) is 1. The molecule has 1 saturated carbocycles. The molecular weight excluding hydrogens is 240 g/mol. The molecule has 0 aromatic carbocycles. The predicted molar refractivity (Wildman–Crippen MR) is 73.6 cm³/mol. The normalized spacial score (nSPS) is 34.5. The van der Waals surface area contributed by atoms with Gasteiger partial charge in [0, 0.05) is 18.6 Å². The van der Waals surface area contributed by atoms with Crippen LogP contribution in [-0.4, -0.2) is 41.8 Å². The van der Waals surface area contributed by atoms with Crippen LogP contribution in [0.3, 0.4) is 0 Å². The Morgan fingerprint density at radius 1 is 1.42 bits per heavy atom. The second kappa shape index (κ2) is 4.74. The molecule has 0 aromatic heterocycles. The maximum atomic E-state index is 12.7. The lowest BCUT2D eigenvalue weighted by atomic mass is 9.97. The maximum Gasteiger partial charge on any atom is 0.244 e. The largest absolute Gasteiger partial charge is 0.381 e. The Hall–Kier alpha value is -0.610. The van der Waals surface area contributed by atoms with Gasteiger partial charge in [0.05, 0.1) is 18.3 Å². The summed E-state index contributed by atoms with van der Waals surface area (Å²) in [4.78, 5) is 14.8. The molecule has 19 heavy (non-hydrogen) atoms. The molecule has 4 nitrogen and oxygen atoms in total. The van der Waals surface area contributed by atoms with E-state index in [1.165, 1.54) is 0 Å². The first-order chi connectivity index (χ1) is 9.03. The monoisotopic (exact) mass is 266 g/mol. The van der Waals surface area contributed by atoms with Gasteiger partial charge >= 0.3 is 0 Å². The molecule has 0 bridgehead atoms. The Morgan fingerprint density at radius 2 is 2.16 bits per heavy atom. The molecule has 0 aromatic rings. The molecule has 3 aliphatic rings. The smallest absolute Gasteiger partial charge is 0.244 e. The van der Waals surface area contributed by atoms with Gasteiger partial charge in [0.2, 0.25) is 5.91 Å². The summed E-state index contributed by atoms with van der Waals surface area (Å²) in [5.41, 5.74) is -0.187. The van der Waals surface area contributed by atoms with Crippen molar-refractivity contribution in [2.45, 2.75) is 64.2 Å². The third kappa shape index (κ3) is 2.29. The molecule has 3 atom stereocenters. The zero-order chi connectivity index (χ0) is 13.6. The second-order valence-corrected chi connectivity index (χ2v) is 6.95. The van der Waals surface area contributed by atoms with Crippen molar-refractivity contribution in [1.82, 2.24) is 10.2 Å². The third-order valence-electron chi connectivity index (χ3n) is 4.95. The van der Waals surface area contributed by atoms with E-state index in [0.29, 0.717) is 23.8 Å². The molecule has 3 fully saturated rings. The zero-order valence-electron chi connectivity index (χ0n) is 12.3. The van der Waals surface area contributed by atoms with E-state index >= 15 is 0 Å². The van der Waals surface area contributed by atoms with E-state index in [1.54, 1.807) is 0 Å². The summed E-state index contributed by atoms with van der Waals surface area (Å²) < 4.78 is 5.50. The van der Waals surface area contributed by atoms with Crippen LogP contribution >= 0.6 is 0 Å². The van der Waals surface area contributed by atoms with E-state index in [9.17, 15) is 4.79 Å². The quantitative estimate of drug-likeness (QED) is 0.843. The molecule has 108 valence electrons. The van der Waals surface area contributed by atoms with E-state index in [-0.39, 0.29) is 11.7 Å². The molecule has 2 heterocycles. The summed E-state index contributed by atoms with van der Waals surface area (Å²) in [6, 6.07) is 0.297. The van der Waals surface area contributed by atoms with Gasteiger partial charge in [-0.1, -0.05) is 13.8 Å². The summed E-state index contributed by atoms with van der Waals surface area (Å²) in [6.07, 6.45) is 4.40. The molecule has 1 N–H and O–H groups in total. The summed E-state index contributed by atoms with van der Waals surface area (Å²) in [5.74, 6) is 1.46. The predicted octanol–water partition coefficient (Wildman–Crippen LogP) is 1.75. The summed E-state index contributed by atoms with van der Waals surface area (Å²) in [7, 11) is 0. The fourth-order valence-electron chi connectivity index (χ4n) is 3.57. The van der Waals surface area contributed by atoms with Gasteiger partial charge < -0.3 is 9.64 Å². The van der Waals surface area contributed by atoms with E-state index in [4.69, 9.17) is 4.74 Å². The van der Waals surface area contributed by atoms with Crippen LogP contribution in [0.1, 0.15) is 46.5 Å². The van der Waals surface area contributed by atoms with Gasteiger partial charge in [0.25, 0.3) is 0 Å². The summed E-state index contributed by atoms with van der Waals surface area (Å²) in [6.45, 7) is 8.32. The Morgan fingerprint density at radius 3 is 2.68 bits per heavy atom. The van der Waals surface area contributed by atoms with E-state index in [0.717, 1.165) is 38.9 Å². The maximum absolute atomic E-state index is 12.7.